The predicted octanol–water partition coefficient (Wildman–Crippen LogP) is 2.84. The second-order valence-corrected chi connectivity index (χ2v) is 3.64. The number of carbonyl (C=O) groups is 1. The Morgan fingerprint density at radius 3 is 2.60 bits per heavy atom. The zero-order valence-electron chi connectivity index (χ0n) is 7.24. The number of nitro benzene ring substituents is 1. The quantitative estimate of drug-likeness (QED) is 0.528. The van der Waals surface area contributed by atoms with Crippen molar-refractivity contribution in [1.82, 2.24) is 0 Å². The molecule has 0 aliphatic rings. The minimum absolute atomic E-state index is 0.0313. The Hall–Kier alpha value is -1.14. The highest BCUT2D eigenvalue weighted by Crippen LogP contribution is 2.29. The van der Waals surface area contributed by atoms with Crippen molar-refractivity contribution in [1.29, 1.82) is 0 Å². The standard InChI is InChI=1S/C8H5BrClNO4/c9-3-6-5(8(12)13)1-4(10)2-7(6)11(14)15/h1-2H,3H2,(H,12,13). The molecule has 1 N–H and O–H groups in total. The summed E-state index contributed by atoms with van der Waals surface area (Å²) in [5, 5.41) is 19.6. The summed E-state index contributed by atoms with van der Waals surface area (Å²) in [6, 6.07) is 2.32. The highest BCUT2D eigenvalue weighted by molar-refractivity contribution is 9.08. The average molecular weight is 294 g/mol. The third kappa shape index (κ3) is 2.45. The first-order chi connectivity index (χ1) is 6.97. The van der Waals surface area contributed by atoms with E-state index < -0.39 is 10.9 Å². The van der Waals surface area contributed by atoms with Gasteiger partial charge in [0.2, 0.25) is 0 Å². The largest absolute Gasteiger partial charge is 0.478 e. The smallest absolute Gasteiger partial charge is 0.336 e. The number of halogens is 2. The average Bonchev–Trinajstić information content (AvgIpc) is 2.16. The van der Waals surface area contributed by atoms with Gasteiger partial charge in [-0.3, -0.25) is 10.1 Å². The van der Waals surface area contributed by atoms with Crippen LogP contribution in [0.4, 0.5) is 5.69 Å². The van der Waals surface area contributed by atoms with E-state index in [0.29, 0.717) is 0 Å². The lowest BCUT2D eigenvalue weighted by Gasteiger charge is -2.04. The van der Waals surface area contributed by atoms with Crippen LogP contribution in [0.1, 0.15) is 15.9 Å². The molecule has 0 spiro atoms. The molecule has 0 heterocycles. The second kappa shape index (κ2) is 4.59. The summed E-state index contributed by atoms with van der Waals surface area (Å²) in [5.41, 5.74) is -0.347. The van der Waals surface area contributed by atoms with Gasteiger partial charge in [0.1, 0.15) is 0 Å². The van der Waals surface area contributed by atoms with Gasteiger partial charge in [0.25, 0.3) is 5.69 Å². The Morgan fingerprint density at radius 1 is 1.60 bits per heavy atom. The van der Waals surface area contributed by atoms with Crippen molar-refractivity contribution >= 4 is 39.2 Å². The van der Waals surface area contributed by atoms with E-state index >= 15 is 0 Å². The number of carboxylic acid groups (broad SMARTS) is 1. The lowest BCUT2D eigenvalue weighted by Crippen LogP contribution is -2.04. The van der Waals surface area contributed by atoms with Crippen LogP contribution in [-0.4, -0.2) is 16.0 Å². The second-order valence-electron chi connectivity index (χ2n) is 2.65. The molecule has 0 saturated carbocycles. The number of nitrogens with zero attached hydrogens (tertiary/aromatic N) is 1. The van der Waals surface area contributed by atoms with Gasteiger partial charge in [0, 0.05) is 16.4 Å². The molecule has 15 heavy (non-hydrogen) atoms. The fourth-order valence-corrected chi connectivity index (χ4v) is 1.92. The first kappa shape index (κ1) is 11.9. The number of hydrogen-bond acceptors (Lipinski definition) is 3. The predicted molar refractivity (Wildman–Crippen MR) is 57.7 cm³/mol. The van der Waals surface area contributed by atoms with Crippen molar-refractivity contribution in [2.75, 3.05) is 0 Å². The van der Waals surface area contributed by atoms with Crippen LogP contribution in [0.15, 0.2) is 12.1 Å². The van der Waals surface area contributed by atoms with E-state index in [0.717, 1.165) is 6.07 Å². The van der Waals surface area contributed by atoms with Crippen LogP contribution in [-0.2, 0) is 5.33 Å². The molecular formula is C8H5BrClNO4. The zero-order chi connectivity index (χ0) is 11.6. The van der Waals surface area contributed by atoms with Gasteiger partial charge in [-0.1, -0.05) is 27.5 Å². The third-order valence-electron chi connectivity index (χ3n) is 1.75. The van der Waals surface area contributed by atoms with Crippen molar-refractivity contribution in [3.05, 3.63) is 38.4 Å². The van der Waals surface area contributed by atoms with E-state index in [-0.39, 0.29) is 27.2 Å². The van der Waals surface area contributed by atoms with Crippen molar-refractivity contribution in [2.45, 2.75) is 5.33 Å². The number of aromatic carboxylic acids is 1. The molecule has 0 radical (unpaired) electrons. The topological polar surface area (TPSA) is 80.4 Å². The maximum Gasteiger partial charge on any atom is 0.336 e. The van der Waals surface area contributed by atoms with Crippen LogP contribution in [0.3, 0.4) is 0 Å². The summed E-state index contributed by atoms with van der Waals surface area (Å²) in [6.45, 7) is 0. The monoisotopic (exact) mass is 293 g/mol. The number of carboxylic acids is 1. The first-order valence-electron chi connectivity index (χ1n) is 3.73. The van der Waals surface area contributed by atoms with E-state index in [2.05, 4.69) is 15.9 Å². The molecule has 7 heteroatoms. The Kier molecular flexibility index (Phi) is 3.65. The molecule has 0 saturated heterocycles. The van der Waals surface area contributed by atoms with E-state index in [1.54, 1.807) is 0 Å². The number of nitro groups is 1. The molecule has 1 rings (SSSR count). The fourth-order valence-electron chi connectivity index (χ4n) is 1.12. The minimum Gasteiger partial charge on any atom is -0.478 e. The lowest BCUT2D eigenvalue weighted by atomic mass is 10.1. The summed E-state index contributed by atoms with van der Waals surface area (Å²) in [6.07, 6.45) is 0. The first-order valence-corrected chi connectivity index (χ1v) is 5.23. The summed E-state index contributed by atoms with van der Waals surface area (Å²) >= 11 is 8.59. The molecular weight excluding hydrogens is 289 g/mol. The molecule has 1 aromatic rings. The van der Waals surface area contributed by atoms with Crippen LogP contribution >= 0.6 is 27.5 Å². The van der Waals surface area contributed by atoms with Crippen molar-refractivity contribution in [3.63, 3.8) is 0 Å². The Labute approximate surface area is 97.9 Å². The molecule has 80 valence electrons. The van der Waals surface area contributed by atoms with Gasteiger partial charge < -0.3 is 5.11 Å². The van der Waals surface area contributed by atoms with Crippen molar-refractivity contribution < 1.29 is 14.8 Å². The maximum absolute atomic E-state index is 10.8. The molecule has 0 unspecified atom stereocenters. The number of alkyl halides is 1. The van der Waals surface area contributed by atoms with Gasteiger partial charge in [-0.25, -0.2) is 4.79 Å². The highest BCUT2D eigenvalue weighted by atomic mass is 79.9. The van der Waals surface area contributed by atoms with E-state index in [1.807, 2.05) is 0 Å². The summed E-state index contributed by atoms with van der Waals surface area (Å²) in [4.78, 5) is 20.8. The van der Waals surface area contributed by atoms with Crippen LogP contribution in [0, 0.1) is 10.1 Å². The Morgan fingerprint density at radius 2 is 2.20 bits per heavy atom. The molecule has 5 nitrogen and oxygen atoms in total. The zero-order valence-corrected chi connectivity index (χ0v) is 9.58. The van der Waals surface area contributed by atoms with Crippen molar-refractivity contribution in [2.24, 2.45) is 0 Å². The molecule has 0 aliphatic heterocycles. The van der Waals surface area contributed by atoms with Gasteiger partial charge in [-0.2, -0.15) is 0 Å². The van der Waals surface area contributed by atoms with Crippen molar-refractivity contribution in [3.8, 4) is 0 Å². The summed E-state index contributed by atoms with van der Waals surface area (Å²) in [7, 11) is 0. The van der Waals surface area contributed by atoms with E-state index in [4.69, 9.17) is 16.7 Å². The lowest BCUT2D eigenvalue weighted by molar-refractivity contribution is -0.385. The minimum atomic E-state index is -1.24. The Balaban J connectivity index is 3.52. The molecule has 0 aliphatic carbocycles. The molecule has 0 fully saturated rings. The van der Waals surface area contributed by atoms with Crippen LogP contribution in [0.25, 0.3) is 0 Å². The van der Waals surface area contributed by atoms with Gasteiger partial charge in [0.05, 0.1) is 16.1 Å². The highest BCUT2D eigenvalue weighted by Gasteiger charge is 2.21. The van der Waals surface area contributed by atoms with Crippen LogP contribution < -0.4 is 0 Å². The summed E-state index contributed by atoms with van der Waals surface area (Å²) < 4.78 is 0. The summed E-state index contributed by atoms with van der Waals surface area (Å²) in [5.74, 6) is -1.24. The number of rotatable bonds is 3. The molecule has 0 aromatic heterocycles. The molecule has 0 bridgehead atoms. The molecule has 1 aromatic carbocycles. The van der Waals surface area contributed by atoms with E-state index in [9.17, 15) is 14.9 Å². The number of benzene rings is 1. The molecule has 0 amide bonds. The SMILES string of the molecule is O=C(O)c1cc(Cl)cc([N+](=O)[O-])c1CBr. The number of hydrogen-bond donors (Lipinski definition) is 1. The van der Waals surface area contributed by atoms with E-state index in [1.165, 1.54) is 6.07 Å². The molecule has 0 atom stereocenters. The van der Waals surface area contributed by atoms with Gasteiger partial charge >= 0.3 is 5.97 Å². The van der Waals surface area contributed by atoms with Gasteiger partial charge in [0.15, 0.2) is 0 Å². The fraction of sp³-hybridized carbons (Fsp3) is 0.125. The maximum atomic E-state index is 10.8. The third-order valence-corrected chi connectivity index (χ3v) is 2.53. The van der Waals surface area contributed by atoms with Crippen LogP contribution in [0.2, 0.25) is 5.02 Å². The Bertz CT molecular complexity index is 400. The van der Waals surface area contributed by atoms with Gasteiger partial charge in [-0.15, -0.1) is 0 Å². The normalized spacial score (nSPS) is 10.0. The van der Waals surface area contributed by atoms with Gasteiger partial charge in [-0.05, 0) is 6.07 Å². The van der Waals surface area contributed by atoms with Crippen LogP contribution in [0.5, 0.6) is 0 Å².